The lowest BCUT2D eigenvalue weighted by molar-refractivity contribution is -0.198. The molecule has 1 aromatic heterocycles. The van der Waals surface area contributed by atoms with Gasteiger partial charge in [0.25, 0.3) is 5.91 Å². The van der Waals surface area contributed by atoms with Gasteiger partial charge in [0.2, 0.25) is 12.0 Å². The van der Waals surface area contributed by atoms with E-state index < -0.39 is 35.4 Å². The van der Waals surface area contributed by atoms with Crippen LogP contribution in [-0.2, 0) is 0 Å². The van der Waals surface area contributed by atoms with Gasteiger partial charge >= 0.3 is 6.18 Å². The predicted octanol–water partition coefficient (Wildman–Crippen LogP) is 5.78. The number of aliphatic imine (C=N–C) groups is 1. The third-order valence-electron chi connectivity index (χ3n) is 4.52. The molecule has 1 unspecified atom stereocenters. The van der Waals surface area contributed by atoms with E-state index >= 15 is 0 Å². The van der Waals surface area contributed by atoms with E-state index in [0.717, 1.165) is 35.6 Å². The van der Waals surface area contributed by atoms with Crippen LogP contribution in [0.3, 0.4) is 0 Å². The minimum atomic E-state index is -4.67. The molecule has 1 heterocycles. The molecule has 0 bridgehead atoms. The van der Waals surface area contributed by atoms with Gasteiger partial charge in [0.1, 0.15) is 17.2 Å². The van der Waals surface area contributed by atoms with Crippen molar-refractivity contribution in [2.75, 3.05) is 7.05 Å². The van der Waals surface area contributed by atoms with E-state index in [1.807, 2.05) is 0 Å². The highest BCUT2D eigenvalue weighted by Crippen LogP contribution is 2.37. The van der Waals surface area contributed by atoms with E-state index in [-0.39, 0.29) is 22.7 Å². The van der Waals surface area contributed by atoms with Gasteiger partial charge in [-0.2, -0.15) is 13.2 Å². The summed E-state index contributed by atoms with van der Waals surface area (Å²) in [7, 11) is 1.25. The smallest absolute Gasteiger partial charge is 0.429 e. The fourth-order valence-electron chi connectivity index (χ4n) is 2.89. The standard InChI is InChI=1S/C23H18F5N3O2/c1-14-11-16(30-13-31(2)22(32)19-17(24)9-6-10-18(19)25)12-29-21(14)33-20(23(26,27)28)15-7-4-3-5-8-15/h3-13,20H,1-2H3. The molecule has 172 valence electrons. The van der Waals surface area contributed by atoms with Crippen molar-refractivity contribution in [1.82, 2.24) is 9.88 Å². The van der Waals surface area contributed by atoms with Crippen LogP contribution in [0.4, 0.5) is 27.6 Å². The number of hydrogen-bond acceptors (Lipinski definition) is 4. The van der Waals surface area contributed by atoms with E-state index in [9.17, 15) is 26.7 Å². The molecule has 2 aromatic carbocycles. The quantitative estimate of drug-likeness (QED) is 0.265. The zero-order chi connectivity index (χ0) is 24.2. The molecular formula is C23H18F5N3O2. The van der Waals surface area contributed by atoms with Gasteiger partial charge in [-0.05, 0) is 25.1 Å². The molecule has 0 aliphatic carbocycles. The van der Waals surface area contributed by atoms with Gasteiger partial charge in [-0.3, -0.25) is 4.79 Å². The second kappa shape index (κ2) is 9.76. The third kappa shape index (κ3) is 5.71. The highest BCUT2D eigenvalue weighted by molar-refractivity contribution is 6.01. The first-order valence-electron chi connectivity index (χ1n) is 9.58. The Hall–Kier alpha value is -3.82. The summed E-state index contributed by atoms with van der Waals surface area (Å²) in [6.45, 7) is 1.49. The van der Waals surface area contributed by atoms with Crippen molar-refractivity contribution in [2.24, 2.45) is 4.99 Å². The number of benzene rings is 2. The van der Waals surface area contributed by atoms with E-state index in [4.69, 9.17) is 4.74 Å². The molecule has 0 N–H and O–H groups in total. The molecular weight excluding hydrogens is 445 g/mol. The largest absolute Gasteiger partial charge is 0.460 e. The molecule has 0 aliphatic heterocycles. The SMILES string of the molecule is Cc1cc(N=CN(C)C(=O)c2c(F)cccc2F)cnc1OC(c1ccccc1)C(F)(F)F. The van der Waals surface area contributed by atoms with Crippen LogP contribution in [0.2, 0.25) is 0 Å². The van der Waals surface area contributed by atoms with Gasteiger partial charge in [-0.1, -0.05) is 36.4 Å². The van der Waals surface area contributed by atoms with E-state index in [0.29, 0.717) is 0 Å². The Morgan fingerprint density at radius 1 is 1.09 bits per heavy atom. The second-order valence-corrected chi connectivity index (χ2v) is 7.02. The van der Waals surface area contributed by atoms with E-state index in [2.05, 4.69) is 9.98 Å². The summed E-state index contributed by atoms with van der Waals surface area (Å²) in [5.41, 5.74) is -0.349. The Labute approximate surface area is 186 Å². The van der Waals surface area contributed by atoms with Crippen LogP contribution >= 0.6 is 0 Å². The minimum Gasteiger partial charge on any atom is -0.460 e. The Morgan fingerprint density at radius 3 is 2.30 bits per heavy atom. The van der Waals surface area contributed by atoms with Gasteiger partial charge in [0.05, 0.1) is 18.2 Å². The van der Waals surface area contributed by atoms with Crippen LogP contribution < -0.4 is 4.74 Å². The number of aromatic nitrogens is 1. The van der Waals surface area contributed by atoms with Crippen LogP contribution in [0.25, 0.3) is 0 Å². The van der Waals surface area contributed by atoms with Gasteiger partial charge in [0.15, 0.2) is 0 Å². The van der Waals surface area contributed by atoms with Crippen LogP contribution in [-0.4, -0.2) is 35.4 Å². The lowest BCUT2D eigenvalue weighted by Gasteiger charge is -2.22. The van der Waals surface area contributed by atoms with E-state index in [1.54, 1.807) is 6.07 Å². The maximum absolute atomic E-state index is 13.8. The number of nitrogens with zero attached hydrogens (tertiary/aromatic N) is 3. The first kappa shape index (κ1) is 23.8. The number of carbonyl (C=O) groups is 1. The zero-order valence-corrected chi connectivity index (χ0v) is 17.5. The Bertz CT molecular complexity index is 1150. The topological polar surface area (TPSA) is 54.8 Å². The molecule has 0 spiro atoms. The average Bonchev–Trinajstić information content (AvgIpc) is 2.76. The lowest BCUT2D eigenvalue weighted by Crippen LogP contribution is -2.27. The van der Waals surface area contributed by atoms with Crippen molar-refractivity contribution in [3.63, 3.8) is 0 Å². The number of pyridine rings is 1. The predicted molar refractivity (Wildman–Crippen MR) is 111 cm³/mol. The molecule has 0 aliphatic rings. The average molecular weight is 463 g/mol. The summed E-state index contributed by atoms with van der Waals surface area (Å²) >= 11 is 0. The lowest BCUT2D eigenvalue weighted by atomic mass is 10.1. The molecule has 0 saturated heterocycles. The Balaban J connectivity index is 1.77. The van der Waals surface area contributed by atoms with E-state index in [1.165, 1.54) is 44.3 Å². The van der Waals surface area contributed by atoms with Crippen LogP contribution in [0.15, 0.2) is 65.8 Å². The molecule has 0 saturated carbocycles. The van der Waals surface area contributed by atoms with Gasteiger partial charge in [-0.15, -0.1) is 0 Å². The maximum atomic E-state index is 13.8. The van der Waals surface area contributed by atoms with Crippen LogP contribution in [0, 0.1) is 18.6 Å². The van der Waals surface area contributed by atoms with Crippen LogP contribution in [0.1, 0.15) is 27.6 Å². The molecule has 3 aromatic rings. The highest BCUT2D eigenvalue weighted by atomic mass is 19.4. The molecule has 33 heavy (non-hydrogen) atoms. The first-order valence-corrected chi connectivity index (χ1v) is 9.58. The molecule has 0 fully saturated rings. The normalized spacial score (nSPS) is 12.6. The molecule has 5 nitrogen and oxygen atoms in total. The summed E-state index contributed by atoms with van der Waals surface area (Å²) in [6, 6.07) is 11.6. The fraction of sp³-hybridized carbons (Fsp3) is 0.174. The molecule has 1 atom stereocenters. The number of aryl methyl sites for hydroxylation is 1. The van der Waals surface area contributed by atoms with Crippen molar-refractivity contribution < 1.29 is 31.5 Å². The number of hydrogen-bond donors (Lipinski definition) is 0. The summed E-state index contributed by atoms with van der Waals surface area (Å²) in [5.74, 6) is -3.23. The van der Waals surface area contributed by atoms with Gasteiger partial charge in [0, 0.05) is 18.2 Å². The molecule has 0 radical (unpaired) electrons. The molecule has 3 rings (SSSR count). The van der Waals surface area contributed by atoms with Gasteiger partial charge < -0.3 is 9.64 Å². The first-order chi connectivity index (χ1) is 15.6. The Kier molecular flexibility index (Phi) is 7.05. The van der Waals surface area contributed by atoms with Crippen molar-refractivity contribution in [3.05, 3.63) is 89.1 Å². The van der Waals surface area contributed by atoms with Gasteiger partial charge in [-0.25, -0.2) is 18.8 Å². The van der Waals surface area contributed by atoms with Crippen molar-refractivity contribution >= 4 is 17.9 Å². The summed E-state index contributed by atoms with van der Waals surface area (Å²) in [4.78, 5) is 21.1. The second-order valence-electron chi connectivity index (χ2n) is 7.02. The number of carbonyl (C=O) groups excluding carboxylic acids is 1. The summed E-state index contributed by atoms with van der Waals surface area (Å²) in [6.07, 6.45) is -4.71. The summed E-state index contributed by atoms with van der Waals surface area (Å²) in [5, 5.41) is 0. The number of amides is 1. The fourth-order valence-corrected chi connectivity index (χ4v) is 2.89. The van der Waals surface area contributed by atoms with Crippen molar-refractivity contribution in [3.8, 4) is 5.88 Å². The van der Waals surface area contributed by atoms with Crippen LogP contribution in [0.5, 0.6) is 5.88 Å². The summed E-state index contributed by atoms with van der Waals surface area (Å²) < 4.78 is 73.3. The minimum absolute atomic E-state index is 0.0752. The molecule has 10 heteroatoms. The third-order valence-corrected chi connectivity index (χ3v) is 4.52. The maximum Gasteiger partial charge on any atom is 0.429 e. The van der Waals surface area contributed by atoms with Crippen molar-refractivity contribution in [1.29, 1.82) is 0 Å². The Morgan fingerprint density at radius 2 is 1.73 bits per heavy atom. The highest BCUT2D eigenvalue weighted by Gasteiger charge is 2.43. The zero-order valence-electron chi connectivity index (χ0n) is 17.5. The monoisotopic (exact) mass is 463 g/mol. The number of halogens is 5. The number of ether oxygens (including phenoxy) is 1. The number of rotatable bonds is 6. The molecule has 1 amide bonds. The van der Waals surface area contributed by atoms with Crippen molar-refractivity contribution in [2.45, 2.75) is 19.2 Å². The number of alkyl halides is 3.